The molecule has 1 heterocycles. The number of hydrogen-bond donors (Lipinski definition) is 2. The fraction of sp³-hybridized carbons (Fsp3) is 0.200. The predicted octanol–water partition coefficient (Wildman–Crippen LogP) is 2.25. The van der Waals surface area contributed by atoms with Gasteiger partial charge >= 0.3 is 11.6 Å². The number of esters is 1. The molecule has 8 nitrogen and oxygen atoms in total. The summed E-state index contributed by atoms with van der Waals surface area (Å²) in [5.74, 6) is -0.980. The molecule has 0 aliphatic carbocycles. The summed E-state index contributed by atoms with van der Waals surface area (Å²) >= 11 is 3.21. The normalized spacial score (nSPS) is 12.6. The molecule has 2 N–H and O–H groups in total. The Bertz CT molecular complexity index is 1240. The van der Waals surface area contributed by atoms with E-state index in [0.717, 1.165) is 5.56 Å². The molecule has 0 aliphatic rings. The molecule has 0 saturated carbocycles. The van der Waals surface area contributed by atoms with Crippen molar-refractivity contribution < 1.29 is 27.5 Å². The minimum atomic E-state index is -4.06. The highest BCUT2D eigenvalue weighted by Gasteiger charge is 2.26. The van der Waals surface area contributed by atoms with Crippen LogP contribution in [0, 0.1) is 6.92 Å². The van der Waals surface area contributed by atoms with Crippen molar-refractivity contribution in [1.29, 1.82) is 0 Å². The Labute approximate surface area is 180 Å². The molecule has 30 heavy (non-hydrogen) atoms. The van der Waals surface area contributed by atoms with Gasteiger partial charge < -0.3 is 14.3 Å². The third-order valence-corrected chi connectivity index (χ3v) is 6.26. The third-order valence-electron chi connectivity index (χ3n) is 4.24. The summed E-state index contributed by atoms with van der Waals surface area (Å²) in [5, 5.41) is 10.1. The van der Waals surface area contributed by atoms with Gasteiger partial charge in [-0.1, -0.05) is 28.1 Å². The molecule has 1 unspecified atom stereocenters. The number of aryl methyl sites for hydroxylation is 1. The number of carbonyl (C=O) groups excluding carboxylic acids is 1. The van der Waals surface area contributed by atoms with Gasteiger partial charge in [-0.25, -0.2) is 13.2 Å². The molecule has 0 saturated heterocycles. The number of sulfonamides is 1. The molecule has 2 aromatic carbocycles. The first-order chi connectivity index (χ1) is 14.2. The summed E-state index contributed by atoms with van der Waals surface area (Å²) in [6.45, 7) is 0.751. The Kier molecular flexibility index (Phi) is 6.71. The van der Waals surface area contributed by atoms with E-state index in [1.165, 1.54) is 30.3 Å². The van der Waals surface area contributed by atoms with Crippen LogP contribution in [0.5, 0.6) is 0 Å². The molecule has 158 valence electrons. The van der Waals surface area contributed by atoms with Crippen LogP contribution in [0.1, 0.15) is 11.1 Å². The molecule has 3 aromatic rings. The largest absolute Gasteiger partial charge is 0.460 e. The summed E-state index contributed by atoms with van der Waals surface area (Å²) in [6.07, 6.45) is 0. The highest BCUT2D eigenvalue weighted by atomic mass is 79.9. The Hall–Kier alpha value is -2.53. The molecule has 0 amide bonds. The fourth-order valence-corrected chi connectivity index (χ4v) is 4.18. The minimum Gasteiger partial charge on any atom is -0.460 e. The molecule has 10 heteroatoms. The molecule has 0 radical (unpaired) electrons. The fourth-order valence-electron chi connectivity index (χ4n) is 2.74. The lowest BCUT2D eigenvalue weighted by molar-refractivity contribution is -0.147. The van der Waals surface area contributed by atoms with Gasteiger partial charge in [-0.05, 0) is 42.8 Å². The zero-order valence-corrected chi connectivity index (χ0v) is 18.2. The summed E-state index contributed by atoms with van der Waals surface area (Å²) in [4.78, 5) is 24.1. The van der Waals surface area contributed by atoms with Gasteiger partial charge in [0.25, 0.3) is 0 Å². The molecule has 1 atom stereocenters. The molecule has 0 fully saturated rings. The van der Waals surface area contributed by atoms with Crippen molar-refractivity contribution in [3.05, 3.63) is 74.6 Å². The van der Waals surface area contributed by atoms with Crippen molar-refractivity contribution >= 4 is 42.9 Å². The van der Waals surface area contributed by atoms with Crippen molar-refractivity contribution in [2.45, 2.75) is 24.5 Å². The first-order valence-corrected chi connectivity index (χ1v) is 11.1. The first-order valence-electron chi connectivity index (χ1n) is 8.78. The number of nitrogens with one attached hydrogen (secondary N) is 1. The van der Waals surface area contributed by atoms with Gasteiger partial charge in [-0.3, -0.25) is 4.79 Å². The van der Waals surface area contributed by atoms with Crippen LogP contribution in [-0.2, 0) is 26.2 Å². The van der Waals surface area contributed by atoms with Gasteiger partial charge in [0.15, 0.2) is 0 Å². The minimum absolute atomic E-state index is 0.0704. The monoisotopic (exact) mass is 495 g/mol. The van der Waals surface area contributed by atoms with Gasteiger partial charge in [0.2, 0.25) is 10.0 Å². The van der Waals surface area contributed by atoms with Gasteiger partial charge in [0.1, 0.15) is 18.2 Å². The Morgan fingerprint density at radius 1 is 1.20 bits per heavy atom. The van der Waals surface area contributed by atoms with Gasteiger partial charge in [0, 0.05) is 21.5 Å². The van der Waals surface area contributed by atoms with E-state index in [2.05, 4.69) is 20.7 Å². The smallest absolute Gasteiger partial charge is 0.336 e. The second-order valence-corrected chi connectivity index (χ2v) is 9.14. The van der Waals surface area contributed by atoms with E-state index in [0.29, 0.717) is 21.0 Å². The van der Waals surface area contributed by atoms with Gasteiger partial charge in [0.05, 0.1) is 11.5 Å². The maximum atomic E-state index is 12.4. The lowest BCUT2D eigenvalue weighted by atomic mass is 10.1. The summed E-state index contributed by atoms with van der Waals surface area (Å²) in [6, 6.07) is 10.7. The van der Waals surface area contributed by atoms with Crippen molar-refractivity contribution in [3.8, 4) is 0 Å². The number of rotatable bonds is 7. The Morgan fingerprint density at radius 3 is 2.57 bits per heavy atom. The standard InChI is InChI=1S/C20H18BrNO7S/c1-12-2-7-16-13(9-19(24)29-18(16)8-12)11-28-20(25)17(10-23)22-30(26,27)15-5-3-14(21)4-6-15/h2-9,17,22-23H,10-11H2,1H3. The highest BCUT2D eigenvalue weighted by molar-refractivity contribution is 9.10. The number of fused-ring (bicyclic) bond motifs is 1. The van der Waals surface area contributed by atoms with Crippen LogP contribution < -0.4 is 10.3 Å². The van der Waals surface area contributed by atoms with Crippen molar-refractivity contribution in [1.82, 2.24) is 4.72 Å². The maximum absolute atomic E-state index is 12.4. The zero-order chi connectivity index (χ0) is 21.9. The zero-order valence-electron chi connectivity index (χ0n) is 15.8. The van der Waals surface area contributed by atoms with E-state index in [9.17, 15) is 23.1 Å². The summed E-state index contributed by atoms with van der Waals surface area (Å²) in [7, 11) is -4.06. The van der Waals surface area contributed by atoms with E-state index in [4.69, 9.17) is 9.15 Å². The van der Waals surface area contributed by atoms with E-state index in [-0.39, 0.29) is 11.5 Å². The topological polar surface area (TPSA) is 123 Å². The first kappa shape index (κ1) is 22.2. The second kappa shape index (κ2) is 9.09. The van der Waals surface area contributed by atoms with Crippen LogP contribution in [0.4, 0.5) is 0 Å². The molecule has 0 bridgehead atoms. The number of halogens is 1. The van der Waals surface area contributed by atoms with E-state index in [1.807, 2.05) is 13.0 Å². The van der Waals surface area contributed by atoms with Crippen LogP contribution in [0.3, 0.4) is 0 Å². The number of ether oxygens (including phenoxy) is 1. The quantitative estimate of drug-likeness (QED) is 0.380. The average molecular weight is 496 g/mol. The maximum Gasteiger partial charge on any atom is 0.336 e. The molecule has 0 aliphatic heterocycles. The lowest BCUT2D eigenvalue weighted by Gasteiger charge is -2.16. The van der Waals surface area contributed by atoms with Crippen molar-refractivity contribution in [3.63, 3.8) is 0 Å². The number of aliphatic hydroxyl groups is 1. The molecular formula is C20H18BrNO7S. The van der Waals surface area contributed by atoms with Crippen LogP contribution in [0.15, 0.2) is 67.1 Å². The number of benzene rings is 2. The number of aliphatic hydroxyl groups excluding tert-OH is 1. The molecule has 0 spiro atoms. The number of hydrogen-bond acceptors (Lipinski definition) is 7. The van der Waals surface area contributed by atoms with Gasteiger partial charge in [-0.2, -0.15) is 4.72 Å². The van der Waals surface area contributed by atoms with Crippen LogP contribution in [-0.4, -0.2) is 32.1 Å². The van der Waals surface area contributed by atoms with Crippen molar-refractivity contribution in [2.24, 2.45) is 0 Å². The van der Waals surface area contributed by atoms with Crippen LogP contribution >= 0.6 is 15.9 Å². The summed E-state index contributed by atoms with van der Waals surface area (Å²) < 4.78 is 38.0. The highest BCUT2D eigenvalue weighted by Crippen LogP contribution is 2.20. The van der Waals surface area contributed by atoms with E-state index in [1.54, 1.807) is 12.1 Å². The number of carbonyl (C=O) groups is 1. The lowest BCUT2D eigenvalue weighted by Crippen LogP contribution is -2.44. The summed E-state index contributed by atoms with van der Waals surface area (Å²) in [5.41, 5.74) is 1.04. The Balaban J connectivity index is 1.75. The molecule has 3 rings (SSSR count). The average Bonchev–Trinajstić information content (AvgIpc) is 2.69. The SMILES string of the molecule is Cc1ccc2c(COC(=O)C(CO)NS(=O)(=O)c3ccc(Br)cc3)cc(=O)oc2c1. The van der Waals surface area contributed by atoms with E-state index >= 15 is 0 Å². The van der Waals surface area contributed by atoms with E-state index < -0.39 is 34.3 Å². The van der Waals surface area contributed by atoms with Crippen molar-refractivity contribution in [2.75, 3.05) is 6.61 Å². The second-order valence-electron chi connectivity index (χ2n) is 6.51. The van der Waals surface area contributed by atoms with Gasteiger partial charge in [-0.15, -0.1) is 0 Å². The molecular weight excluding hydrogens is 478 g/mol. The third kappa shape index (κ3) is 5.14. The Morgan fingerprint density at radius 2 is 1.90 bits per heavy atom. The van der Waals surface area contributed by atoms with Crippen LogP contribution in [0.2, 0.25) is 0 Å². The molecule has 1 aromatic heterocycles. The van der Waals surface area contributed by atoms with Crippen LogP contribution in [0.25, 0.3) is 11.0 Å². The predicted molar refractivity (Wildman–Crippen MR) is 112 cm³/mol.